The average molecular weight is 576 g/mol. The first-order valence-corrected chi connectivity index (χ1v) is 13.6. The summed E-state index contributed by atoms with van der Waals surface area (Å²) in [5.74, 6) is -3.13. The van der Waals surface area contributed by atoms with Crippen LogP contribution in [-0.4, -0.2) is 54.9 Å². The largest absolute Gasteiger partial charge is 0.496 e. The Balaban J connectivity index is 1.48. The number of nitrogens with two attached hydrogens (primary N) is 1. The number of anilines is 2. The molecule has 40 heavy (non-hydrogen) atoms. The Morgan fingerprint density at radius 3 is 2.60 bits per heavy atom. The molecule has 3 heterocycles. The lowest BCUT2D eigenvalue weighted by molar-refractivity contribution is 0.102. The first kappa shape index (κ1) is 27.4. The zero-order chi connectivity index (χ0) is 28.6. The molecule has 2 aromatic carbocycles. The van der Waals surface area contributed by atoms with Gasteiger partial charge < -0.3 is 19.4 Å². The normalized spacial score (nSPS) is 14.5. The van der Waals surface area contributed by atoms with E-state index in [1.807, 2.05) is 0 Å². The molecule has 2 aromatic heterocycles. The Hall–Kier alpha value is -4.21. The van der Waals surface area contributed by atoms with E-state index in [4.69, 9.17) is 9.88 Å². The van der Waals surface area contributed by atoms with E-state index in [0.29, 0.717) is 18.9 Å². The quantitative estimate of drug-likeness (QED) is 0.307. The summed E-state index contributed by atoms with van der Waals surface area (Å²) in [4.78, 5) is 23.5. The van der Waals surface area contributed by atoms with Gasteiger partial charge >= 0.3 is 0 Å². The molecular formula is C25H24F3N7O4S. The number of hydrogen-bond acceptors (Lipinski definition) is 7. The Morgan fingerprint density at radius 1 is 1.15 bits per heavy atom. The fraction of sp³-hybridized carbons (Fsp3) is 0.240. The predicted molar refractivity (Wildman–Crippen MR) is 141 cm³/mol. The summed E-state index contributed by atoms with van der Waals surface area (Å²) in [6.07, 6.45) is 4.94. The molecule has 1 aliphatic heterocycles. The molecule has 0 bridgehead atoms. The van der Waals surface area contributed by atoms with Crippen LogP contribution >= 0.6 is 0 Å². The molecule has 1 aliphatic rings. The zero-order valence-electron chi connectivity index (χ0n) is 21.1. The van der Waals surface area contributed by atoms with Gasteiger partial charge in [0.2, 0.25) is 0 Å². The van der Waals surface area contributed by atoms with Crippen molar-refractivity contribution in [2.45, 2.75) is 18.9 Å². The molecule has 1 amide bonds. The van der Waals surface area contributed by atoms with Gasteiger partial charge in [-0.05, 0) is 31.0 Å². The number of hydrogen-bond donors (Lipinski definition) is 3. The number of imidazole rings is 1. The number of methoxy groups -OCH3 is 1. The number of benzene rings is 2. The van der Waals surface area contributed by atoms with E-state index < -0.39 is 39.6 Å². The number of rotatable bonds is 7. The van der Waals surface area contributed by atoms with Crippen molar-refractivity contribution in [2.75, 3.05) is 30.4 Å². The summed E-state index contributed by atoms with van der Waals surface area (Å²) in [6, 6.07) is 5.43. The number of aromatic nitrogens is 3. The molecule has 1 fully saturated rings. The Labute approximate surface area is 227 Å². The summed E-state index contributed by atoms with van der Waals surface area (Å²) in [5, 5.41) is 7.57. The zero-order valence-corrected chi connectivity index (χ0v) is 21.9. The van der Waals surface area contributed by atoms with E-state index in [0.717, 1.165) is 6.07 Å². The molecule has 0 atom stereocenters. The van der Waals surface area contributed by atoms with Crippen LogP contribution in [0.1, 0.15) is 23.3 Å². The Morgan fingerprint density at radius 2 is 1.90 bits per heavy atom. The van der Waals surface area contributed by atoms with E-state index >= 15 is 4.39 Å². The van der Waals surface area contributed by atoms with Crippen molar-refractivity contribution in [3.05, 3.63) is 72.1 Å². The molecule has 0 unspecified atom stereocenters. The van der Waals surface area contributed by atoms with Gasteiger partial charge in [-0.25, -0.2) is 28.3 Å². The minimum Gasteiger partial charge on any atom is -0.496 e. The Kier molecular flexibility index (Phi) is 7.35. The second kappa shape index (κ2) is 10.7. The molecule has 11 nitrogen and oxygen atoms in total. The van der Waals surface area contributed by atoms with Crippen LogP contribution in [0, 0.1) is 17.5 Å². The number of nitrogens with one attached hydrogen (secondary N) is 2. The standard InChI is InChI=1S/C25H24F3N7O4S/c1-39-20-4-2-3-16(27)21(20)22-24-30-7-10-35(24)13-19(31-22)25(36)32-18-12-14(26)11-17(28)23(18)34-8-5-15(6-9-34)33-40(29,37)38/h2-4,7,10-13,15,33H,5-6,8-9H2,1H3,(H,32,36)(H2,29,37,38). The van der Waals surface area contributed by atoms with Crippen molar-refractivity contribution in [1.29, 1.82) is 0 Å². The van der Waals surface area contributed by atoms with Crippen LogP contribution in [-0.2, 0) is 10.2 Å². The maximum absolute atomic E-state index is 15.0. The maximum Gasteiger partial charge on any atom is 0.275 e. The molecular weight excluding hydrogens is 551 g/mol. The van der Waals surface area contributed by atoms with Crippen LogP contribution in [0.25, 0.3) is 16.9 Å². The molecule has 210 valence electrons. The first-order chi connectivity index (χ1) is 19.0. The number of piperidine rings is 1. The molecule has 0 spiro atoms. The highest BCUT2D eigenvalue weighted by atomic mass is 32.2. The van der Waals surface area contributed by atoms with Crippen LogP contribution in [0.5, 0.6) is 5.75 Å². The van der Waals surface area contributed by atoms with Gasteiger partial charge in [0.05, 0.1) is 24.0 Å². The first-order valence-electron chi connectivity index (χ1n) is 12.1. The lowest BCUT2D eigenvalue weighted by Crippen LogP contribution is -2.47. The van der Waals surface area contributed by atoms with E-state index in [1.165, 1.54) is 48.3 Å². The van der Waals surface area contributed by atoms with Gasteiger partial charge in [-0.3, -0.25) is 4.79 Å². The lowest BCUT2D eigenvalue weighted by atomic mass is 10.0. The highest BCUT2D eigenvalue weighted by Gasteiger charge is 2.27. The lowest BCUT2D eigenvalue weighted by Gasteiger charge is -2.34. The monoisotopic (exact) mass is 575 g/mol. The van der Waals surface area contributed by atoms with Gasteiger partial charge in [0.25, 0.3) is 16.1 Å². The van der Waals surface area contributed by atoms with Crippen molar-refractivity contribution < 1.29 is 31.1 Å². The molecule has 4 N–H and O–H groups in total. The van der Waals surface area contributed by atoms with Gasteiger partial charge in [-0.2, -0.15) is 13.1 Å². The predicted octanol–water partition coefficient (Wildman–Crippen LogP) is 2.84. The third-order valence-corrected chi connectivity index (χ3v) is 7.12. The number of carbonyl (C=O) groups excluding carboxylic acids is 1. The summed E-state index contributed by atoms with van der Waals surface area (Å²) < 4.78 is 76.0. The van der Waals surface area contributed by atoms with Crippen LogP contribution in [0.2, 0.25) is 0 Å². The number of nitrogens with zero attached hydrogens (tertiary/aromatic N) is 4. The number of amides is 1. The van der Waals surface area contributed by atoms with Gasteiger partial charge in [0, 0.05) is 43.8 Å². The van der Waals surface area contributed by atoms with Crippen molar-refractivity contribution in [1.82, 2.24) is 19.1 Å². The fourth-order valence-corrected chi connectivity index (χ4v) is 5.44. The van der Waals surface area contributed by atoms with E-state index in [-0.39, 0.29) is 52.8 Å². The third kappa shape index (κ3) is 5.57. The van der Waals surface area contributed by atoms with Crippen molar-refractivity contribution >= 4 is 33.1 Å². The third-order valence-electron chi connectivity index (χ3n) is 6.46. The van der Waals surface area contributed by atoms with Gasteiger partial charge in [-0.15, -0.1) is 0 Å². The van der Waals surface area contributed by atoms with Crippen LogP contribution in [0.3, 0.4) is 0 Å². The van der Waals surface area contributed by atoms with Gasteiger partial charge in [0.1, 0.15) is 28.8 Å². The van der Waals surface area contributed by atoms with Gasteiger partial charge in [-0.1, -0.05) is 6.07 Å². The molecule has 4 aromatic rings. The summed E-state index contributed by atoms with van der Waals surface area (Å²) >= 11 is 0. The molecule has 15 heteroatoms. The summed E-state index contributed by atoms with van der Waals surface area (Å²) in [6.45, 7) is 0.407. The Bertz CT molecular complexity index is 1710. The second-order valence-corrected chi connectivity index (χ2v) is 10.4. The number of carbonyl (C=O) groups is 1. The SMILES string of the molecule is COc1cccc(F)c1-c1nc(C(=O)Nc2cc(F)cc(F)c2N2CCC(NS(N)(=O)=O)CC2)cn2ccnc12. The summed E-state index contributed by atoms with van der Waals surface area (Å²) in [5.41, 5.74) is -0.126. The molecule has 1 saturated heterocycles. The van der Waals surface area contributed by atoms with Crippen LogP contribution < -0.4 is 24.8 Å². The minimum absolute atomic E-state index is 0.00990. The minimum atomic E-state index is -3.91. The van der Waals surface area contributed by atoms with Crippen molar-refractivity contribution in [3.63, 3.8) is 0 Å². The van der Waals surface area contributed by atoms with Crippen molar-refractivity contribution in [3.8, 4) is 17.0 Å². The van der Waals surface area contributed by atoms with Crippen LogP contribution in [0.4, 0.5) is 24.5 Å². The van der Waals surface area contributed by atoms with E-state index in [1.54, 1.807) is 4.90 Å². The van der Waals surface area contributed by atoms with Crippen LogP contribution in [0.15, 0.2) is 48.9 Å². The fourth-order valence-electron chi connectivity index (χ4n) is 4.74. The highest BCUT2D eigenvalue weighted by molar-refractivity contribution is 7.87. The molecule has 0 saturated carbocycles. The maximum atomic E-state index is 15.0. The van der Waals surface area contributed by atoms with E-state index in [2.05, 4.69) is 20.0 Å². The van der Waals surface area contributed by atoms with Gasteiger partial charge in [0.15, 0.2) is 11.5 Å². The number of halogens is 3. The average Bonchev–Trinajstić information content (AvgIpc) is 3.37. The second-order valence-electron chi connectivity index (χ2n) is 9.11. The van der Waals surface area contributed by atoms with E-state index in [9.17, 15) is 22.0 Å². The topological polar surface area (TPSA) is 144 Å². The number of fused-ring (bicyclic) bond motifs is 1. The summed E-state index contributed by atoms with van der Waals surface area (Å²) in [7, 11) is -2.54. The molecule has 0 radical (unpaired) electrons. The number of ether oxygens (including phenoxy) is 1. The smallest absolute Gasteiger partial charge is 0.275 e. The molecule has 0 aliphatic carbocycles. The highest BCUT2D eigenvalue weighted by Crippen LogP contribution is 2.35. The molecule has 5 rings (SSSR count). The van der Waals surface area contributed by atoms with Crippen molar-refractivity contribution in [2.24, 2.45) is 5.14 Å².